The van der Waals surface area contributed by atoms with Crippen LogP contribution < -0.4 is 0 Å². The highest BCUT2D eigenvalue weighted by Crippen LogP contribution is 2.23. The van der Waals surface area contributed by atoms with Gasteiger partial charge in [0.25, 0.3) is 0 Å². The first kappa shape index (κ1) is 26.3. The van der Waals surface area contributed by atoms with Crippen LogP contribution in [0.2, 0.25) is 0 Å². The number of aromatic nitrogens is 5. The van der Waals surface area contributed by atoms with Crippen molar-refractivity contribution >= 4 is 16.8 Å². The van der Waals surface area contributed by atoms with Crippen LogP contribution in [0.3, 0.4) is 0 Å². The minimum absolute atomic E-state index is 0.0630. The summed E-state index contributed by atoms with van der Waals surface area (Å²) in [7, 11) is 1.87. The first-order valence-corrected chi connectivity index (χ1v) is 13.4. The molecular formula is C31H34N6O2. The predicted octanol–water partition coefficient (Wildman–Crippen LogP) is 4.79. The van der Waals surface area contributed by atoms with Crippen LogP contribution in [0, 0.1) is 0 Å². The first-order valence-electron chi connectivity index (χ1n) is 13.4. The van der Waals surface area contributed by atoms with Crippen LogP contribution in [0.5, 0.6) is 0 Å². The van der Waals surface area contributed by atoms with Crippen LogP contribution in [0.25, 0.3) is 10.9 Å². The molecule has 0 bridgehead atoms. The van der Waals surface area contributed by atoms with Gasteiger partial charge in [0.15, 0.2) is 5.82 Å². The molecular weight excluding hydrogens is 488 g/mol. The highest BCUT2D eigenvalue weighted by molar-refractivity contribution is 5.83. The number of ether oxygens (including phenoxy) is 1. The summed E-state index contributed by atoms with van der Waals surface area (Å²) in [6, 6.07) is 28.9. The van der Waals surface area contributed by atoms with E-state index >= 15 is 0 Å². The molecule has 2 aromatic heterocycles. The fraction of sp³-hybridized carbons (Fsp3) is 0.290. The third kappa shape index (κ3) is 7.18. The van der Waals surface area contributed by atoms with Crippen molar-refractivity contribution in [1.29, 1.82) is 0 Å². The van der Waals surface area contributed by atoms with Crippen molar-refractivity contribution in [2.45, 2.75) is 38.3 Å². The lowest BCUT2D eigenvalue weighted by Gasteiger charge is -2.18. The molecule has 3 aromatic carbocycles. The van der Waals surface area contributed by atoms with Gasteiger partial charge in [-0.3, -0.25) is 4.79 Å². The standard InChI is InChI=1S/C31H34N6O2/c1-36(18-16-24-8-4-2-5-9-24)30(38)21-37-19-17-27-20-25(13-15-29(27)37)12-14-28(31-32-34-35-33-31)23-39-22-26-10-6-3-7-11-26/h2-11,13,15,17,19-20,28H,12,14,16,18,21-23H2,1H3,(H,32,33,34,35). The molecule has 1 atom stereocenters. The first-order chi connectivity index (χ1) is 19.2. The van der Waals surface area contributed by atoms with Gasteiger partial charge in [0, 0.05) is 31.2 Å². The number of amides is 1. The smallest absolute Gasteiger partial charge is 0.242 e. The zero-order valence-corrected chi connectivity index (χ0v) is 22.2. The topological polar surface area (TPSA) is 88.9 Å². The van der Waals surface area contributed by atoms with Gasteiger partial charge in [-0.15, -0.1) is 5.10 Å². The molecule has 39 heavy (non-hydrogen) atoms. The van der Waals surface area contributed by atoms with Gasteiger partial charge in [0.05, 0.1) is 13.2 Å². The summed E-state index contributed by atoms with van der Waals surface area (Å²) in [5.74, 6) is 0.907. The van der Waals surface area contributed by atoms with E-state index in [4.69, 9.17) is 4.74 Å². The van der Waals surface area contributed by atoms with E-state index in [0.717, 1.165) is 41.6 Å². The van der Waals surface area contributed by atoms with Gasteiger partial charge in [-0.25, -0.2) is 5.10 Å². The SMILES string of the molecule is CN(CCc1ccccc1)C(=O)Cn1ccc2cc(CCC(COCc3ccccc3)c3nnn[nH]3)ccc21. The average molecular weight is 523 g/mol. The summed E-state index contributed by atoms with van der Waals surface area (Å²) in [6.45, 7) is 2.11. The van der Waals surface area contributed by atoms with Gasteiger partial charge in [-0.1, -0.05) is 66.7 Å². The number of H-pyrrole nitrogens is 1. The molecule has 5 rings (SSSR count). The average Bonchev–Trinajstić information content (AvgIpc) is 3.65. The number of benzene rings is 3. The second-order valence-electron chi connectivity index (χ2n) is 9.91. The number of carbonyl (C=O) groups excluding carboxylic acids is 1. The van der Waals surface area contributed by atoms with E-state index in [0.29, 0.717) is 26.3 Å². The Hall–Kier alpha value is -4.30. The summed E-state index contributed by atoms with van der Waals surface area (Å²) in [5, 5.41) is 15.7. The van der Waals surface area contributed by atoms with E-state index in [2.05, 4.69) is 69.2 Å². The van der Waals surface area contributed by atoms with Gasteiger partial charge < -0.3 is 14.2 Å². The predicted molar refractivity (Wildman–Crippen MR) is 151 cm³/mol. The van der Waals surface area contributed by atoms with Crippen molar-refractivity contribution in [1.82, 2.24) is 30.1 Å². The number of rotatable bonds is 13. The van der Waals surface area contributed by atoms with Crippen LogP contribution in [0.1, 0.15) is 34.9 Å². The number of aryl methyl sites for hydroxylation is 1. The number of nitrogens with zero attached hydrogens (tertiary/aromatic N) is 5. The van der Waals surface area contributed by atoms with Gasteiger partial charge in [-0.2, -0.15) is 0 Å². The van der Waals surface area contributed by atoms with Gasteiger partial charge >= 0.3 is 0 Å². The summed E-state index contributed by atoms with van der Waals surface area (Å²) in [6.07, 6.45) is 4.56. The normalized spacial score (nSPS) is 12.0. The molecule has 5 aromatic rings. The lowest BCUT2D eigenvalue weighted by Crippen LogP contribution is -2.31. The van der Waals surface area contributed by atoms with E-state index < -0.39 is 0 Å². The third-order valence-corrected chi connectivity index (χ3v) is 7.11. The second-order valence-corrected chi connectivity index (χ2v) is 9.91. The molecule has 8 heteroatoms. The Bertz CT molecular complexity index is 1450. The molecule has 1 unspecified atom stereocenters. The maximum absolute atomic E-state index is 12.9. The Morgan fingerprint density at radius 2 is 1.72 bits per heavy atom. The van der Waals surface area contributed by atoms with E-state index in [1.54, 1.807) is 0 Å². The van der Waals surface area contributed by atoms with Crippen molar-refractivity contribution in [3.8, 4) is 0 Å². The maximum Gasteiger partial charge on any atom is 0.242 e. The monoisotopic (exact) mass is 522 g/mol. The third-order valence-electron chi connectivity index (χ3n) is 7.11. The highest BCUT2D eigenvalue weighted by atomic mass is 16.5. The Morgan fingerprint density at radius 3 is 2.46 bits per heavy atom. The highest BCUT2D eigenvalue weighted by Gasteiger charge is 2.17. The molecule has 0 aliphatic heterocycles. The molecule has 8 nitrogen and oxygen atoms in total. The Labute approximate surface area is 228 Å². The number of nitrogens with one attached hydrogen (secondary N) is 1. The Morgan fingerprint density at radius 1 is 0.949 bits per heavy atom. The largest absolute Gasteiger partial charge is 0.376 e. The van der Waals surface area contributed by atoms with Gasteiger partial charge in [-0.05, 0) is 70.0 Å². The van der Waals surface area contributed by atoms with E-state index in [9.17, 15) is 4.79 Å². The second kappa shape index (κ2) is 13.0. The van der Waals surface area contributed by atoms with Gasteiger partial charge in [0.1, 0.15) is 6.54 Å². The van der Waals surface area contributed by atoms with Crippen molar-refractivity contribution in [3.63, 3.8) is 0 Å². The molecule has 0 radical (unpaired) electrons. The summed E-state index contributed by atoms with van der Waals surface area (Å²) in [4.78, 5) is 14.7. The van der Waals surface area contributed by atoms with Crippen molar-refractivity contribution < 1.29 is 9.53 Å². The summed E-state index contributed by atoms with van der Waals surface area (Å²) in [5.41, 5.74) is 4.67. The van der Waals surface area contributed by atoms with Crippen molar-refractivity contribution in [2.75, 3.05) is 20.2 Å². The zero-order valence-electron chi connectivity index (χ0n) is 22.2. The van der Waals surface area contributed by atoms with Crippen molar-refractivity contribution in [3.05, 3.63) is 114 Å². The number of likely N-dealkylation sites (N-methyl/N-ethyl adjacent to an activating group) is 1. The molecule has 0 aliphatic rings. The fourth-order valence-corrected chi connectivity index (χ4v) is 4.75. The molecule has 0 fully saturated rings. The Balaban J connectivity index is 1.16. The maximum atomic E-state index is 12.9. The molecule has 1 amide bonds. The summed E-state index contributed by atoms with van der Waals surface area (Å²) >= 11 is 0. The number of aromatic amines is 1. The van der Waals surface area contributed by atoms with Crippen LogP contribution in [-0.2, 0) is 35.5 Å². The number of hydrogen-bond acceptors (Lipinski definition) is 5. The Kier molecular flexibility index (Phi) is 8.75. The number of hydrogen-bond donors (Lipinski definition) is 1. The van der Waals surface area contributed by atoms with Crippen molar-refractivity contribution in [2.24, 2.45) is 0 Å². The minimum atomic E-state index is 0.0630. The molecule has 200 valence electrons. The van der Waals surface area contributed by atoms with Gasteiger partial charge in [0.2, 0.25) is 5.91 Å². The molecule has 0 saturated carbocycles. The molecule has 1 N–H and O–H groups in total. The zero-order chi connectivity index (χ0) is 26.9. The quantitative estimate of drug-likeness (QED) is 0.240. The lowest BCUT2D eigenvalue weighted by molar-refractivity contribution is -0.130. The van der Waals surface area contributed by atoms with E-state index in [1.807, 2.05) is 59.1 Å². The van der Waals surface area contributed by atoms with E-state index in [-0.39, 0.29) is 11.8 Å². The van der Waals surface area contributed by atoms with Crippen LogP contribution >= 0.6 is 0 Å². The number of carbonyl (C=O) groups is 1. The van der Waals surface area contributed by atoms with E-state index in [1.165, 1.54) is 11.1 Å². The summed E-state index contributed by atoms with van der Waals surface area (Å²) < 4.78 is 8.04. The number of fused-ring (bicyclic) bond motifs is 1. The fourth-order valence-electron chi connectivity index (χ4n) is 4.75. The molecule has 2 heterocycles. The van der Waals surface area contributed by atoms with Crippen LogP contribution in [0.4, 0.5) is 0 Å². The minimum Gasteiger partial charge on any atom is -0.376 e. The molecule has 0 spiro atoms. The molecule has 0 aliphatic carbocycles. The van der Waals surface area contributed by atoms with Crippen LogP contribution in [-0.4, -0.2) is 56.2 Å². The lowest BCUT2D eigenvalue weighted by atomic mass is 9.98. The van der Waals surface area contributed by atoms with Crippen LogP contribution in [0.15, 0.2) is 91.1 Å². The number of tetrazole rings is 1. The molecule has 0 saturated heterocycles.